The molecule has 2 nitrogen and oxygen atoms in total. The summed E-state index contributed by atoms with van der Waals surface area (Å²) in [6.07, 6.45) is 6.69. The minimum Gasteiger partial charge on any atom is -0.301 e. The van der Waals surface area contributed by atoms with Crippen molar-refractivity contribution in [1.82, 2.24) is 9.80 Å². The van der Waals surface area contributed by atoms with Crippen LogP contribution in [0.5, 0.6) is 0 Å². The average Bonchev–Trinajstić information content (AvgIpc) is 3.02. The second-order valence-electron chi connectivity index (χ2n) is 8.81. The summed E-state index contributed by atoms with van der Waals surface area (Å²) in [6.45, 7) is 17.1. The highest BCUT2D eigenvalue weighted by molar-refractivity contribution is 7.80. The van der Waals surface area contributed by atoms with Crippen molar-refractivity contribution in [2.75, 3.05) is 26.2 Å². The normalized spacial score (nSPS) is 27.9. The lowest BCUT2D eigenvalue weighted by molar-refractivity contribution is 0.113. The number of thiol groups is 1. The smallest absolute Gasteiger partial charge is 0.0528 e. The Morgan fingerprint density at radius 3 is 1.83 bits per heavy atom. The third kappa shape index (κ3) is 5.64. The third-order valence-corrected chi connectivity index (χ3v) is 7.19. The molecule has 0 spiro atoms. The van der Waals surface area contributed by atoms with Crippen molar-refractivity contribution in [3.05, 3.63) is 0 Å². The van der Waals surface area contributed by atoms with Crippen LogP contribution in [0.4, 0.5) is 0 Å². The standard InChI is InChI=1S/C20H40N2S/c1-15(2)18-8-11-21(12-9-18)17(5)6-7-20(23)22-13-10-19(14-22)16(3)4/h15-20,23H,6-14H2,1-5H3. The van der Waals surface area contributed by atoms with Crippen LogP contribution < -0.4 is 0 Å². The molecule has 2 fully saturated rings. The Bertz CT molecular complexity index is 337. The molecule has 2 rings (SSSR count). The zero-order valence-electron chi connectivity index (χ0n) is 16.2. The van der Waals surface area contributed by atoms with Crippen molar-refractivity contribution in [2.24, 2.45) is 23.7 Å². The zero-order valence-corrected chi connectivity index (χ0v) is 17.1. The van der Waals surface area contributed by atoms with E-state index in [2.05, 4.69) is 44.4 Å². The van der Waals surface area contributed by atoms with Gasteiger partial charge in [-0.1, -0.05) is 27.7 Å². The maximum atomic E-state index is 4.92. The van der Waals surface area contributed by atoms with Crippen LogP contribution in [0.25, 0.3) is 0 Å². The number of likely N-dealkylation sites (tertiary alicyclic amines) is 2. The first-order valence-electron chi connectivity index (χ1n) is 10.0. The van der Waals surface area contributed by atoms with Crippen LogP contribution >= 0.6 is 12.6 Å². The molecule has 0 aliphatic carbocycles. The molecule has 2 saturated heterocycles. The SMILES string of the molecule is CC(C)C1CCN(C(C)CCC(S)N2CCC(C(C)C)C2)CC1. The van der Waals surface area contributed by atoms with E-state index in [4.69, 9.17) is 12.6 Å². The Morgan fingerprint density at radius 1 is 0.783 bits per heavy atom. The Hall–Kier alpha value is 0.270. The first-order chi connectivity index (χ1) is 10.9. The van der Waals surface area contributed by atoms with Crippen LogP contribution in [0.1, 0.15) is 66.7 Å². The topological polar surface area (TPSA) is 6.48 Å². The first-order valence-corrected chi connectivity index (χ1v) is 10.6. The van der Waals surface area contributed by atoms with Crippen molar-refractivity contribution in [3.8, 4) is 0 Å². The predicted molar refractivity (Wildman–Crippen MR) is 105 cm³/mol. The molecule has 2 aliphatic heterocycles. The van der Waals surface area contributed by atoms with Crippen molar-refractivity contribution >= 4 is 12.6 Å². The maximum absolute atomic E-state index is 4.92. The van der Waals surface area contributed by atoms with E-state index in [0.717, 1.165) is 29.7 Å². The fourth-order valence-electron chi connectivity index (χ4n) is 4.41. The van der Waals surface area contributed by atoms with Gasteiger partial charge in [-0.2, -0.15) is 12.6 Å². The minimum atomic E-state index is 0.467. The van der Waals surface area contributed by atoms with E-state index >= 15 is 0 Å². The molecule has 3 unspecified atom stereocenters. The maximum Gasteiger partial charge on any atom is 0.0528 e. The van der Waals surface area contributed by atoms with E-state index in [-0.39, 0.29) is 0 Å². The van der Waals surface area contributed by atoms with Crippen LogP contribution in [0.3, 0.4) is 0 Å². The van der Waals surface area contributed by atoms with E-state index in [9.17, 15) is 0 Å². The summed E-state index contributed by atoms with van der Waals surface area (Å²) >= 11 is 4.92. The highest BCUT2D eigenvalue weighted by atomic mass is 32.1. The molecule has 0 aromatic carbocycles. The van der Waals surface area contributed by atoms with Gasteiger partial charge in [0, 0.05) is 12.6 Å². The summed E-state index contributed by atoms with van der Waals surface area (Å²) < 4.78 is 0. The summed E-state index contributed by atoms with van der Waals surface area (Å²) in [7, 11) is 0. The monoisotopic (exact) mass is 340 g/mol. The van der Waals surface area contributed by atoms with E-state index in [1.807, 2.05) is 0 Å². The fraction of sp³-hybridized carbons (Fsp3) is 1.00. The highest BCUT2D eigenvalue weighted by Crippen LogP contribution is 2.29. The van der Waals surface area contributed by atoms with Gasteiger partial charge in [-0.25, -0.2) is 0 Å². The van der Waals surface area contributed by atoms with Crippen LogP contribution in [0.2, 0.25) is 0 Å². The molecule has 0 aromatic rings. The highest BCUT2D eigenvalue weighted by Gasteiger charge is 2.29. The molecule has 3 atom stereocenters. The van der Waals surface area contributed by atoms with Crippen molar-refractivity contribution in [1.29, 1.82) is 0 Å². The van der Waals surface area contributed by atoms with E-state index in [0.29, 0.717) is 5.37 Å². The fourth-order valence-corrected chi connectivity index (χ4v) is 4.77. The van der Waals surface area contributed by atoms with E-state index < -0.39 is 0 Å². The van der Waals surface area contributed by atoms with Gasteiger partial charge in [-0.15, -0.1) is 0 Å². The molecule has 23 heavy (non-hydrogen) atoms. The Kier molecular flexibility index (Phi) is 7.75. The van der Waals surface area contributed by atoms with Gasteiger partial charge < -0.3 is 4.90 Å². The van der Waals surface area contributed by atoms with E-state index in [1.54, 1.807) is 0 Å². The van der Waals surface area contributed by atoms with E-state index in [1.165, 1.54) is 58.3 Å². The van der Waals surface area contributed by atoms with Gasteiger partial charge in [0.15, 0.2) is 0 Å². The number of hydrogen-bond acceptors (Lipinski definition) is 3. The Labute approximate surface area is 150 Å². The van der Waals surface area contributed by atoms with Crippen LogP contribution in [-0.2, 0) is 0 Å². The first kappa shape index (κ1) is 19.6. The van der Waals surface area contributed by atoms with Gasteiger partial charge in [0.05, 0.1) is 5.37 Å². The molecule has 0 saturated carbocycles. The van der Waals surface area contributed by atoms with Crippen LogP contribution in [-0.4, -0.2) is 47.4 Å². The van der Waals surface area contributed by atoms with Gasteiger partial charge in [-0.05, 0) is 82.3 Å². The van der Waals surface area contributed by atoms with Gasteiger partial charge in [-0.3, -0.25) is 4.90 Å². The lowest BCUT2D eigenvalue weighted by Gasteiger charge is -2.38. The molecular weight excluding hydrogens is 300 g/mol. The third-order valence-electron chi connectivity index (χ3n) is 6.60. The van der Waals surface area contributed by atoms with Gasteiger partial charge in [0.2, 0.25) is 0 Å². The Morgan fingerprint density at radius 2 is 1.30 bits per heavy atom. The number of rotatable bonds is 7. The summed E-state index contributed by atoms with van der Waals surface area (Å²) in [5, 5.41) is 0.467. The molecule has 136 valence electrons. The quantitative estimate of drug-likeness (QED) is 0.668. The van der Waals surface area contributed by atoms with Gasteiger partial charge in [0.25, 0.3) is 0 Å². The molecule has 3 heteroatoms. The molecule has 0 radical (unpaired) electrons. The molecule has 0 N–H and O–H groups in total. The van der Waals surface area contributed by atoms with Crippen molar-refractivity contribution in [3.63, 3.8) is 0 Å². The molecule has 2 heterocycles. The van der Waals surface area contributed by atoms with Crippen molar-refractivity contribution < 1.29 is 0 Å². The summed E-state index contributed by atoms with van der Waals surface area (Å²) in [6, 6.07) is 0.723. The zero-order chi connectivity index (χ0) is 17.0. The summed E-state index contributed by atoms with van der Waals surface area (Å²) in [5.41, 5.74) is 0. The second kappa shape index (κ2) is 9.10. The van der Waals surface area contributed by atoms with Gasteiger partial charge in [0.1, 0.15) is 0 Å². The average molecular weight is 341 g/mol. The largest absolute Gasteiger partial charge is 0.301 e. The molecule has 2 aliphatic rings. The van der Waals surface area contributed by atoms with Crippen molar-refractivity contribution in [2.45, 2.75) is 78.1 Å². The van der Waals surface area contributed by atoms with Crippen LogP contribution in [0, 0.1) is 23.7 Å². The lowest BCUT2D eigenvalue weighted by Crippen LogP contribution is -2.41. The Balaban J connectivity index is 1.67. The molecular formula is C20H40N2S. The molecule has 0 aromatic heterocycles. The number of hydrogen-bond donors (Lipinski definition) is 1. The minimum absolute atomic E-state index is 0.467. The van der Waals surface area contributed by atoms with Crippen LogP contribution in [0.15, 0.2) is 0 Å². The second-order valence-corrected chi connectivity index (χ2v) is 9.41. The summed E-state index contributed by atoms with van der Waals surface area (Å²) in [5.74, 6) is 3.52. The predicted octanol–water partition coefficient (Wildman–Crippen LogP) is 4.76. The molecule has 0 bridgehead atoms. The van der Waals surface area contributed by atoms with Gasteiger partial charge >= 0.3 is 0 Å². The molecule has 0 amide bonds. The summed E-state index contributed by atoms with van der Waals surface area (Å²) in [4.78, 5) is 5.34. The number of piperidine rings is 1. The number of nitrogens with zero attached hydrogens (tertiary/aromatic N) is 2. The lowest BCUT2D eigenvalue weighted by atomic mass is 9.86.